The molecular weight excluding hydrogens is 208 g/mol. The molecular formula is C10H16N4O2. The van der Waals surface area contributed by atoms with Crippen LogP contribution in [0.25, 0.3) is 0 Å². The van der Waals surface area contributed by atoms with Crippen molar-refractivity contribution in [3.63, 3.8) is 0 Å². The molecule has 0 radical (unpaired) electrons. The summed E-state index contributed by atoms with van der Waals surface area (Å²) in [6, 6.07) is 1.44. The van der Waals surface area contributed by atoms with Crippen LogP contribution in [0.1, 0.15) is 19.3 Å². The third-order valence-electron chi connectivity index (χ3n) is 2.91. The summed E-state index contributed by atoms with van der Waals surface area (Å²) in [4.78, 5) is 12.4. The van der Waals surface area contributed by atoms with Gasteiger partial charge in [0.2, 0.25) is 0 Å². The lowest BCUT2D eigenvalue weighted by atomic mass is 10.1. The number of nitrogens with zero attached hydrogens (tertiary/aromatic N) is 4. The van der Waals surface area contributed by atoms with Crippen LogP contribution in [0.3, 0.4) is 0 Å². The zero-order valence-electron chi connectivity index (χ0n) is 9.21. The van der Waals surface area contributed by atoms with Gasteiger partial charge in [0.1, 0.15) is 0 Å². The van der Waals surface area contributed by atoms with Gasteiger partial charge in [0.25, 0.3) is 0 Å². The molecule has 0 atom stereocenters. The second kappa shape index (κ2) is 5.07. The fraction of sp³-hybridized carbons (Fsp3) is 0.700. The van der Waals surface area contributed by atoms with E-state index in [1.165, 1.54) is 25.3 Å². The van der Waals surface area contributed by atoms with Crippen molar-refractivity contribution in [1.82, 2.24) is 14.7 Å². The Morgan fingerprint density at radius 1 is 1.31 bits per heavy atom. The van der Waals surface area contributed by atoms with Crippen molar-refractivity contribution in [3.05, 3.63) is 22.4 Å². The number of rotatable bonds is 4. The second-order valence-electron chi connectivity index (χ2n) is 4.10. The maximum atomic E-state index is 10.4. The quantitative estimate of drug-likeness (QED) is 0.570. The predicted molar refractivity (Wildman–Crippen MR) is 59.2 cm³/mol. The van der Waals surface area contributed by atoms with Gasteiger partial charge in [-0.15, -0.1) is 0 Å². The fourth-order valence-electron chi connectivity index (χ4n) is 2.00. The van der Waals surface area contributed by atoms with Crippen LogP contribution < -0.4 is 0 Å². The SMILES string of the molecule is O=[N+]([O-])c1ccn(CCN2CCCCC2)n1. The highest BCUT2D eigenvalue weighted by molar-refractivity contribution is 5.13. The highest BCUT2D eigenvalue weighted by Gasteiger charge is 2.13. The molecule has 1 aromatic heterocycles. The van der Waals surface area contributed by atoms with Gasteiger partial charge in [-0.3, -0.25) is 0 Å². The number of hydrogen-bond acceptors (Lipinski definition) is 4. The molecule has 1 aromatic rings. The highest BCUT2D eigenvalue weighted by atomic mass is 16.6. The van der Waals surface area contributed by atoms with E-state index in [1.54, 1.807) is 10.9 Å². The lowest BCUT2D eigenvalue weighted by Crippen LogP contribution is -2.32. The number of nitro groups is 1. The van der Waals surface area contributed by atoms with Gasteiger partial charge in [0, 0.05) is 6.54 Å². The Kier molecular flexibility index (Phi) is 3.51. The van der Waals surface area contributed by atoms with Gasteiger partial charge in [-0.1, -0.05) is 6.42 Å². The summed E-state index contributed by atoms with van der Waals surface area (Å²) in [7, 11) is 0. The van der Waals surface area contributed by atoms with Crippen molar-refractivity contribution in [3.8, 4) is 0 Å². The summed E-state index contributed by atoms with van der Waals surface area (Å²) < 4.78 is 1.65. The molecule has 0 saturated carbocycles. The Balaban J connectivity index is 1.81. The third-order valence-corrected chi connectivity index (χ3v) is 2.91. The van der Waals surface area contributed by atoms with Crippen LogP contribution >= 0.6 is 0 Å². The van der Waals surface area contributed by atoms with Gasteiger partial charge < -0.3 is 15.0 Å². The van der Waals surface area contributed by atoms with Gasteiger partial charge in [-0.2, -0.15) is 4.68 Å². The Morgan fingerprint density at radius 2 is 2.06 bits per heavy atom. The monoisotopic (exact) mass is 224 g/mol. The first-order valence-electron chi connectivity index (χ1n) is 5.66. The molecule has 6 nitrogen and oxygen atoms in total. The van der Waals surface area contributed by atoms with Crippen LogP contribution in [-0.2, 0) is 6.54 Å². The first kappa shape index (κ1) is 11.1. The highest BCUT2D eigenvalue weighted by Crippen LogP contribution is 2.09. The summed E-state index contributed by atoms with van der Waals surface area (Å²) in [5, 5.41) is 14.3. The maximum Gasteiger partial charge on any atom is 0.389 e. The van der Waals surface area contributed by atoms with Crippen molar-refractivity contribution in [2.45, 2.75) is 25.8 Å². The van der Waals surface area contributed by atoms with Crippen LogP contribution in [0.4, 0.5) is 5.82 Å². The fourth-order valence-corrected chi connectivity index (χ4v) is 2.00. The largest absolute Gasteiger partial charge is 0.389 e. The van der Waals surface area contributed by atoms with Crippen molar-refractivity contribution >= 4 is 5.82 Å². The molecule has 2 rings (SSSR count). The van der Waals surface area contributed by atoms with E-state index in [1.807, 2.05) is 0 Å². The van der Waals surface area contributed by atoms with E-state index in [2.05, 4.69) is 10.00 Å². The standard InChI is InChI=1S/C10H16N4O2/c15-14(16)10-4-7-13(11-10)9-8-12-5-2-1-3-6-12/h4,7H,1-3,5-6,8-9H2. The topological polar surface area (TPSA) is 64.2 Å². The lowest BCUT2D eigenvalue weighted by Gasteiger charge is -2.25. The zero-order valence-corrected chi connectivity index (χ0v) is 9.21. The van der Waals surface area contributed by atoms with E-state index < -0.39 is 4.92 Å². The molecule has 16 heavy (non-hydrogen) atoms. The van der Waals surface area contributed by atoms with Crippen LogP contribution in [0.15, 0.2) is 12.3 Å². The van der Waals surface area contributed by atoms with Gasteiger partial charge in [0.05, 0.1) is 23.9 Å². The van der Waals surface area contributed by atoms with Gasteiger partial charge in [-0.25, -0.2) is 0 Å². The van der Waals surface area contributed by atoms with Gasteiger partial charge in [0.15, 0.2) is 0 Å². The first-order chi connectivity index (χ1) is 7.75. The molecule has 0 spiro atoms. The molecule has 0 N–H and O–H groups in total. The van der Waals surface area contributed by atoms with Crippen molar-refractivity contribution < 1.29 is 4.92 Å². The Bertz CT molecular complexity index is 357. The summed E-state index contributed by atoms with van der Waals surface area (Å²) in [5.41, 5.74) is 0. The molecule has 88 valence electrons. The lowest BCUT2D eigenvalue weighted by molar-refractivity contribution is -0.389. The number of hydrogen-bond donors (Lipinski definition) is 0. The number of likely N-dealkylation sites (tertiary alicyclic amines) is 1. The molecule has 2 heterocycles. The van der Waals surface area contributed by atoms with Crippen molar-refractivity contribution in [2.24, 2.45) is 0 Å². The number of piperidine rings is 1. The van der Waals surface area contributed by atoms with E-state index in [0.29, 0.717) is 0 Å². The smallest absolute Gasteiger partial charge is 0.358 e. The summed E-state index contributed by atoms with van der Waals surface area (Å²) >= 11 is 0. The van der Waals surface area contributed by atoms with Gasteiger partial charge >= 0.3 is 5.82 Å². The zero-order chi connectivity index (χ0) is 11.4. The summed E-state index contributed by atoms with van der Waals surface area (Å²) in [5.74, 6) is -0.0707. The molecule has 1 fully saturated rings. The molecule has 1 saturated heterocycles. The molecule has 6 heteroatoms. The summed E-state index contributed by atoms with van der Waals surface area (Å²) in [6.07, 6.45) is 5.52. The molecule has 0 unspecified atom stereocenters. The molecule has 0 bridgehead atoms. The van der Waals surface area contributed by atoms with Crippen LogP contribution in [0, 0.1) is 10.1 Å². The average Bonchev–Trinajstić information content (AvgIpc) is 2.76. The first-order valence-corrected chi connectivity index (χ1v) is 5.66. The van der Waals surface area contributed by atoms with E-state index >= 15 is 0 Å². The van der Waals surface area contributed by atoms with E-state index in [4.69, 9.17) is 0 Å². The van der Waals surface area contributed by atoms with Crippen molar-refractivity contribution in [1.29, 1.82) is 0 Å². The molecule has 1 aliphatic heterocycles. The Hall–Kier alpha value is -1.43. The Morgan fingerprint density at radius 3 is 2.69 bits per heavy atom. The van der Waals surface area contributed by atoms with E-state index in [9.17, 15) is 10.1 Å². The minimum absolute atomic E-state index is 0.0707. The second-order valence-corrected chi connectivity index (χ2v) is 4.10. The minimum atomic E-state index is -0.461. The molecule has 0 aromatic carbocycles. The van der Waals surface area contributed by atoms with Crippen LogP contribution in [-0.4, -0.2) is 39.2 Å². The van der Waals surface area contributed by atoms with E-state index in [0.717, 1.165) is 26.2 Å². The Labute approximate surface area is 94.0 Å². The predicted octanol–water partition coefficient (Wildman–Crippen LogP) is 1.28. The molecule has 1 aliphatic rings. The number of aromatic nitrogens is 2. The maximum absolute atomic E-state index is 10.4. The van der Waals surface area contributed by atoms with Crippen molar-refractivity contribution in [2.75, 3.05) is 19.6 Å². The van der Waals surface area contributed by atoms with E-state index in [-0.39, 0.29) is 5.82 Å². The minimum Gasteiger partial charge on any atom is -0.358 e. The summed E-state index contributed by atoms with van der Waals surface area (Å²) in [6.45, 7) is 3.94. The van der Waals surface area contributed by atoms with Crippen LogP contribution in [0.2, 0.25) is 0 Å². The molecule has 0 amide bonds. The van der Waals surface area contributed by atoms with Gasteiger partial charge in [-0.05, 0) is 30.9 Å². The molecule has 0 aliphatic carbocycles. The third kappa shape index (κ3) is 2.79. The van der Waals surface area contributed by atoms with Crippen LogP contribution in [0.5, 0.6) is 0 Å². The normalized spacial score (nSPS) is 17.5. The average molecular weight is 224 g/mol.